The van der Waals surface area contributed by atoms with Crippen LogP contribution in [0.4, 0.5) is 29.3 Å². The molecule has 12 heteroatoms. The summed E-state index contributed by atoms with van der Waals surface area (Å²) in [5.74, 6) is 0.332. The number of nitrogens with zero attached hydrogens (tertiary/aromatic N) is 1. The summed E-state index contributed by atoms with van der Waals surface area (Å²) in [5.41, 5.74) is 5.80. The number of ether oxygens (including phenoxy) is 1. The zero-order valence-electron chi connectivity index (χ0n) is 20.1. The van der Waals surface area contributed by atoms with E-state index in [1.165, 1.54) is 18.3 Å². The Balaban J connectivity index is 1.30. The lowest BCUT2D eigenvalue weighted by Crippen LogP contribution is -2.37. The van der Waals surface area contributed by atoms with Crippen LogP contribution in [-0.2, 0) is 12.7 Å². The number of nitrogens with one attached hydrogen (secondary N) is 4. The molecule has 8 nitrogen and oxygen atoms in total. The van der Waals surface area contributed by atoms with Crippen LogP contribution < -0.4 is 26.2 Å². The number of alkyl halides is 3. The molecule has 0 saturated carbocycles. The molecule has 0 unspecified atom stereocenters. The van der Waals surface area contributed by atoms with E-state index in [1.807, 2.05) is 30.3 Å². The van der Waals surface area contributed by atoms with Crippen LogP contribution >= 0.6 is 11.6 Å². The molecule has 4 N–H and O–H groups in total. The van der Waals surface area contributed by atoms with Crippen LogP contribution in [0.5, 0.6) is 11.5 Å². The first kappa shape index (κ1) is 27.4. The number of rotatable bonds is 8. The number of amides is 3. The summed E-state index contributed by atoms with van der Waals surface area (Å²) in [6, 6.07) is 21.1. The molecule has 0 aliphatic rings. The summed E-state index contributed by atoms with van der Waals surface area (Å²) < 4.78 is 44.8. The number of hydrogen-bond donors (Lipinski definition) is 4. The smallest absolute Gasteiger partial charge is 0.417 e. The highest BCUT2D eigenvalue weighted by molar-refractivity contribution is 6.31. The number of hydrazine groups is 1. The number of hydrogen-bond acceptors (Lipinski definition) is 5. The van der Waals surface area contributed by atoms with Crippen LogP contribution in [0.3, 0.4) is 0 Å². The first-order chi connectivity index (χ1) is 18.7. The summed E-state index contributed by atoms with van der Waals surface area (Å²) in [5, 5.41) is 4.39. The monoisotopic (exact) mass is 555 g/mol. The van der Waals surface area contributed by atoms with Gasteiger partial charge in [0.1, 0.15) is 17.2 Å². The van der Waals surface area contributed by atoms with Gasteiger partial charge in [-0.1, -0.05) is 41.9 Å². The van der Waals surface area contributed by atoms with E-state index in [0.717, 1.165) is 17.7 Å². The van der Waals surface area contributed by atoms with Crippen molar-refractivity contribution in [1.29, 1.82) is 0 Å². The second-order valence-electron chi connectivity index (χ2n) is 8.07. The van der Waals surface area contributed by atoms with Gasteiger partial charge in [-0.15, -0.1) is 0 Å². The van der Waals surface area contributed by atoms with Crippen LogP contribution in [0.15, 0.2) is 91.1 Å². The van der Waals surface area contributed by atoms with Crippen molar-refractivity contribution < 1.29 is 27.5 Å². The van der Waals surface area contributed by atoms with Gasteiger partial charge in [0.05, 0.1) is 10.6 Å². The Morgan fingerprint density at radius 2 is 1.54 bits per heavy atom. The molecule has 0 aliphatic heterocycles. The fourth-order valence-corrected chi connectivity index (χ4v) is 3.57. The predicted molar refractivity (Wildman–Crippen MR) is 141 cm³/mol. The molecule has 0 fully saturated rings. The maximum Gasteiger partial charge on any atom is 0.417 e. The van der Waals surface area contributed by atoms with Crippen molar-refractivity contribution in [3.8, 4) is 11.5 Å². The maximum atomic E-state index is 13.0. The Bertz CT molecular complexity index is 1450. The average molecular weight is 556 g/mol. The average Bonchev–Trinajstić information content (AvgIpc) is 2.91. The molecule has 0 saturated heterocycles. The number of halogens is 4. The Hall–Kier alpha value is -4.61. The van der Waals surface area contributed by atoms with E-state index >= 15 is 0 Å². The van der Waals surface area contributed by atoms with E-state index in [-0.39, 0.29) is 11.4 Å². The number of urea groups is 1. The summed E-state index contributed by atoms with van der Waals surface area (Å²) >= 11 is 5.60. The van der Waals surface area contributed by atoms with Crippen molar-refractivity contribution in [2.24, 2.45) is 0 Å². The van der Waals surface area contributed by atoms with Gasteiger partial charge >= 0.3 is 12.2 Å². The minimum Gasteiger partial charge on any atom is -0.457 e. The number of aromatic nitrogens is 1. The van der Waals surface area contributed by atoms with Crippen molar-refractivity contribution in [3.05, 3.63) is 113 Å². The fourth-order valence-electron chi connectivity index (χ4n) is 3.34. The zero-order valence-corrected chi connectivity index (χ0v) is 20.8. The second kappa shape index (κ2) is 12.3. The van der Waals surface area contributed by atoms with Crippen molar-refractivity contribution >= 4 is 34.9 Å². The van der Waals surface area contributed by atoms with Gasteiger partial charge < -0.3 is 15.4 Å². The van der Waals surface area contributed by atoms with Crippen molar-refractivity contribution in [1.82, 2.24) is 15.8 Å². The van der Waals surface area contributed by atoms with Crippen molar-refractivity contribution in [3.63, 3.8) is 0 Å². The molecule has 0 bridgehead atoms. The van der Waals surface area contributed by atoms with Crippen LogP contribution in [0.1, 0.15) is 21.6 Å². The third-order valence-corrected chi connectivity index (χ3v) is 5.51. The quantitative estimate of drug-likeness (QED) is 0.183. The molecule has 3 amide bonds. The van der Waals surface area contributed by atoms with Crippen LogP contribution in [0, 0.1) is 0 Å². The van der Waals surface area contributed by atoms with Gasteiger partial charge in [0.2, 0.25) is 0 Å². The minimum atomic E-state index is -4.65. The molecule has 4 aromatic rings. The molecule has 39 heavy (non-hydrogen) atoms. The number of carbonyl (C=O) groups is 2. The van der Waals surface area contributed by atoms with Gasteiger partial charge in [0, 0.05) is 30.2 Å². The van der Waals surface area contributed by atoms with E-state index in [1.54, 1.807) is 30.3 Å². The van der Waals surface area contributed by atoms with Crippen LogP contribution in [0.2, 0.25) is 5.02 Å². The molecule has 0 spiro atoms. The molecule has 3 aromatic carbocycles. The molecule has 0 aliphatic carbocycles. The summed E-state index contributed by atoms with van der Waals surface area (Å²) in [4.78, 5) is 28.7. The topological polar surface area (TPSA) is 104 Å². The van der Waals surface area contributed by atoms with Gasteiger partial charge in [-0.3, -0.25) is 15.2 Å². The Morgan fingerprint density at radius 1 is 0.846 bits per heavy atom. The molecular formula is C27H21ClF3N5O3. The highest BCUT2D eigenvalue weighted by atomic mass is 35.5. The highest BCUT2D eigenvalue weighted by Crippen LogP contribution is 2.36. The van der Waals surface area contributed by atoms with E-state index in [2.05, 4.69) is 26.5 Å². The van der Waals surface area contributed by atoms with Crippen molar-refractivity contribution in [2.45, 2.75) is 12.7 Å². The predicted octanol–water partition coefficient (Wildman–Crippen LogP) is 6.62. The lowest BCUT2D eigenvalue weighted by Gasteiger charge is -2.13. The number of pyridine rings is 1. The maximum absolute atomic E-state index is 13.0. The standard InChI is InChI=1S/C27H21ClF3N5O3/c28-23-11-8-19(14-22(23)27(29,30)31)35-26(38)34-18-6-9-20(10-7-18)39-21-12-13-32-24(15-21)25(37)36-33-16-17-4-2-1-3-5-17/h1-15,33H,16H2,(H,36,37)(H2,34,35,38). The zero-order chi connectivity index (χ0) is 27.8. The van der Waals surface area contributed by atoms with E-state index in [4.69, 9.17) is 16.3 Å². The van der Waals surface area contributed by atoms with Gasteiger partial charge in [-0.05, 0) is 54.1 Å². The van der Waals surface area contributed by atoms with E-state index in [9.17, 15) is 22.8 Å². The molecule has 0 atom stereocenters. The number of anilines is 2. The van der Waals surface area contributed by atoms with Crippen LogP contribution in [-0.4, -0.2) is 16.9 Å². The van der Waals surface area contributed by atoms with Gasteiger partial charge in [-0.2, -0.15) is 13.2 Å². The minimum absolute atomic E-state index is 0.0722. The Kier molecular flexibility index (Phi) is 8.64. The normalized spacial score (nSPS) is 11.0. The van der Waals surface area contributed by atoms with Gasteiger partial charge in [0.15, 0.2) is 0 Å². The summed E-state index contributed by atoms with van der Waals surface area (Å²) in [6.45, 7) is 0.440. The largest absolute Gasteiger partial charge is 0.457 e. The lowest BCUT2D eigenvalue weighted by atomic mass is 10.2. The third kappa shape index (κ3) is 7.94. The summed E-state index contributed by atoms with van der Waals surface area (Å²) in [7, 11) is 0. The first-order valence-electron chi connectivity index (χ1n) is 11.4. The molecular weight excluding hydrogens is 535 g/mol. The van der Waals surface area contributed by atoms with E-state index in [0.29, 0.717) is 23.7 Å². The Morgan fingerprint density at radius 3 is 2.26 bits per heavy atom. The molecule has 200 valence electrons. The van der Waals surface area contributed by atoms with Crippen LogP contribution in [0.25, 0.3) is 0 Å². The van der Waals surface area contributed by atoms with Gasteiger partial charge in [-0.25, -0.2) is 10.2 Å². The molecule has 1 heterocycles. The molecule has 4 rings (SSSR count). The van der Waals surface area contributed by atoms with Gasteiger partial charge in [0.25, 0.3) is 5.91 Å². The summed E-state index contributed by atoms with van der Waals surface area (Å²) in [6.07, 6.45) is -3.22. The first-order valence-corrected chi connectivity index (χ1v) is 11.8. The molecule has 1 aromatic heterocycles. The SMILES string of the molecule is O=C(Nc1ccc(Oc2ccnc(C(=O)NNCc3ccccc3)c2)cc1)Nc1ccc(Cl)c(C(F)(F)F)c1. The van der Waals surface area contributed by atoms with Crippen molar-refractivity contribution in [2.75, 3.05) is 10.6 Å². The fraction of sp³-hybridized carbons (Fsp3) is 0.0741. The van der Waals surface area contributed by atoms with E-state index < -0.39 is 28.7 Å². The highest BCUT2D eigenvalue weighted by Gasteiger charge is 2.33. The lowest BCUT2D eigenvalue weighted by molar-refractivity contribution is -0.137. The second-order valence-corrected chi connectivity index (χ2v) is 8.48. The molecule has 0 radical (unpaired) electrons. The third-order valence-electron chi connectivity index (χ3n) is 5.18. The number of carbonyl (C=O) groups excluding carboxylic acids is 2. The Labute approximate surface area is 226 Å². The number of benzene rings is 3.